The predicted octanol–water partition coefficient (Wildman–Crippen LogP) is 4.73. The van der Waals surface area contributed by atoms with Crippen LogP contribution in [0.1, 0.15) is 15.9 Å². The highest BCUT2D eigenvalue weighted by Crippen LogP contribution is 2.32. The van der Waals surface area contributed by atoms with Crippen molar-refractivity contribution in [2.45, 2.75) is 6.36 Å². The number of nitrogens with zero attached hydrogens (tertiary/aromatic N) is 2. The van der Waals surface area contributed by atoms with Gasteiger partial charge >= 0.3 is 6.36 Å². The second-order valence-electron chi connectivity index (χ2n) is 9.16. The highest BCUT2D eigenvalue weighted by atomic mass is 19.4. The van der Waals surface area contributed by atoms with Crippen LogP contribution >= 0.6 is 0 Å². The summed E-state index contributed by atoms with van der Waals surface area (Å²) < 4.78 is 41.4. The SMILES string of the molecule is CN1CCN(c2ccc(N/C=C3\C(=O)NC(=O)c4ccc(-c5ccc(OC(F)(F)F)cc5)cc43)cc2)CC1. The van der Waals surface area contributed by atoms with E-state index < -0.39 is 18.2 Å². The molecule has 10 heteroatoms. The van der Waals surface area contributed by atoms with Crippen LogP contribution in [0.15, 0.2) is 72.9 Å². The normalized spacial score (nSPS) is 17.3. The van der Waals surface area contributed by atoms with Gasteiger partial charge in [0.15, 0.2) is 0 Å². The number of halogens is 3. The molecule has 0 bridgehead atoms. The molecule has 3 aromatic carbocycles. The van der Waals surface area contributed by atoms with Crippen LogP contribution in [0.25, 0.3) is 16.7 Å². The van der Waals surface area contributed by atoms with Crippen molar-refractivity contribution >= 4 is 28.8 Å². The number of imide groups is 1. The minimum atomic E-state index is -4.78. The maximum atomic E-state index is 12.7. The van der Waals surface area contributed by atoms with E-state index in [0.29, 0.717) is 22.3 Å². The molecule has 1 saturated heterocycles. The van der Waals surface area contributed by atoms with Gasteiger partial charge < -0.3 is 19.9 Å². The highest BCUT2D eigenvalue weighted by molar-refractivity contribution is 6.31. The van der Waals surface area contributed by atoms with Gasteiger partial charge in [0, 0.05) is 54.9 Å². The molecule has 5 rings (SSSR count). The molecule has 0 saturated carbocycles. The average Bonchev–Trinajstić information content (AvgIpc) is 2.89. The molecule has 2 amide bonds. The molecule has 1 fully saturated rings. The maximum absolute atomic E-state index is 12.7. The van der Waals surface area contributed by atoms with Gasteiger partial charge in [-0.2, -0.15) is 0 Å². The second-order valence-corrected chi connectivity index (χ2v) is 9.16. The van der Waals surface area contributed by atoms with E-state index in [0.717, 1.165) is 37.6 Å². The van der Waals surface area contributed by atoms with Crippen molar-refractivity contribution in [2.75, 3.05) is 43.4 Å². The Morgan fingerprint density at radius 1 is 0.842 bits per heavy atom. The Bertz CT molecular complexity index is 1380. The monoisotopic (exact) mass is 522 g/mol. The van der Waals surface area contributed by atoms with E-state index in [2.05, 4.69) is 32.2 Å². The summed E-state index contributed by atoms with van der Waals surface area (Å²) in [5.41, 5.74) is 4.15. The molecular formula is C28H25F3N4O3. The quantitative estimate of drug-likeness (QED) is 0.373. The summed E-state index contributed by atoms with van der Waals surface area (Å²) in [6.45, 7) is 3.93. The largest absolute Gasteiger partial charge is 0.573 e. The highest BCUT2D eigenvalue weighted by Gasteiger charge is 2.31. The molecule has 7 nitrogen and oxygen atoms in total. The van der Waals surface area contributed by atoms with Crippen molar-refractivity contribution in [1.82, 2.24) is 10.2 Å². The first-order valence-electron chi connectivity index (χ1n) is 12.0. The fourth-order valence-electron chi connectivity index (χ4n) is 4.49. The topological polar surface area (TPSA) is 73.9 Å². The summed E-state index contributed by atoms with van der Waals surface area (Å²) >= 11 is 0. The van der Waals surface area contributed by atoms with Gasteiger partial charge in [0.1, 0.15) is 5.75 Å². The molecule has 196 valence electrons. The van der Waals surface area contributed by atoms with Gasteiger partial charge in [-0.05, 0) is 66.7 Å². The molecule has 3 aromatic rings. The van der Waals surface area contributed by atoms with Gasteiger partial charge in [-0.25, -0.2) is 0 Å². The molecule has 2 N–H and O–H groups in total. The number of benzene rings is 3. The van der Waals surface area contributed by atoms with Crippen molar-refractivity contribution in [3.8, 4) is 16.9 Å². The van der Waals surface area contributed by atoms with Crippen molar-refractivity contribution in [3.63, 3.8) is 0 Å². The summed E-state index contributed by atoms with van der Waals surface area (Å²) in [5, 5.41) is 5.49. The van der Waals surface area contributed by atoms with Crippen LogP contribution in [0.5, 0.6) is 5.75 Å². The van der Waals surface area contributed by atoms with E-state index in [4.69, 9.17) is 0 Å². The van der Waals surface area contributed by atoms with E-state index in [1.54, 1.807) is 24.4 Å². The summed E-state index contributed by atoms with van der Waals surface area (Å²) in [7, 11) is 2.11. The van der Waals surface area contributed by atoms with Gasteiger partial charge in [0.05, 0.1) is 5.57 Å². The number of rotatable bonds is 5. The number of likely N-dealkylation sites (N-methyl/N-ethyl adjacent to an activating group) is 1. The lowest BCUT2D eigenvalue weighted by molar-refractivity contribution is -0.274. The maximum Gasteiger partial charge on any atom is 0.573 e. The second kappa shape index (κ2) is 10.2. The number of alkyl halides is 3. The van der Waals surface area contributed by atoms with Gasteiger partial charge in [-0.1, -0.05) is 18.2 Å². The van der Waals surface area contributed by atoms with Crippen molar-refractivity contribution < 1.29 is 27.5 Å². The third-order valence-electron chi connectivity index (χ3n) is 6.57. The number of hydrogen-bond acceptors (Lipinski definition) is 6. The molecule has 0 aliphatic carbocycles. The summed E-state index contributed by atoms with van der Waals surface area (Å²) in [4.78, 5) is 29.8. The van der Waals surface area contributed by atoms with Gasteiger partial charge in [-0.15, -0.1) is 13.2 Å². The van der Waals surface area contributed by atoms with E-state index in [-0.39, 0.29) is 11.3 Å². The van der Waals surface area contributed by atoms with E-state index in [1.165, 1.54) is 24.3 Å². The molecule has 38 heavy (non-hydrogen) atoms. The number of nitrogens with one attached hydrogen (secondary N) is 2. The number of fused-ring (bicyclic) bond motifs is 1. The first-order valence-corrected chi connectivity index (χ1v) is 12.0. The molecule has 0 spiro atoms. The Balaban J connectivity index is 1.37. The Labute approximate surface area is 217 Å². The number of carbonyl (C=O) groups is 2. The van der Waals surface area contributed by atoms with Crippen molar-refractivity contribution in [2.24, 2.45) is 0 Å². The Kier molecular flexibility index (Phi) is 6.81. The first-order chi connectivity index (χ1) is 18.2. The van der Waals surface area contributed by atoms with Gasteiger partial charge in [0.25, 0.3) is 11.8 Å². The lowest BCUT2D eigenvalue weighted by Crippen LogP contribution is -2.44. The zero-order valence-electron chi connectivity index (χ0n) is 20.5. The fourth-order valence-corrected chi connectivity index (χ4v) is 4.49. The van der Waals surface area contributed by atoms with Crippen LogP contribution in [0.3, 0.4) is 0 Å². The Hall–Kier alpha value is -4.31. The van der Waals surface area contributed by atoms with Crippen LogP contribution in [0.4, 0.5) is 24.5 Å². The molecule has 0 unspecified atom stereocenters. The summed E-state index contributed by atoms with van der Waals surface area (Å²) in [6, 6.07) is 18.2. The molecule has 2 aliphatic heterocycles. The number of amides is 2. The third-order valence-corrected chi connectivity index (χ3v) is 6.57. The Morgan fingerprint density at radius 3 is 2.16 bits per heavy atom. The smallest absolute Gasteiger partial charge is 0.406 e. The standard InChI is InChI=1S/C28H25F3N4O3/c1-34-12-14-35(15-13-34)21-7-5-20(6-8-21)32-17-25-24-16-19(4-11-23(24)26(36)33-27(25)37)18-2-9-22(10-3-18)38-28(29,30)31/h2-11,16-17,32H,12-15H2,1H3,(H,33,36,37)/b25-17-. The average molecular weight is 523 g/mol. The van der Waals surface area contributed by atoms with E-state index in [9.17, 15) is 22.8 Å². The van der Waals surface area contributed by atoms with Crippen molar-refractivity contribution in [3.05, 3.63) is 84.1 Å². The zero-order chi connectivity index (χ0) is 26.9. The van der Waals surface area contributed by atoms with Crippen LogP contribution in [-0.4, -0.2) is 56.3 Å². The van der Waals surface area contributed by atoms with Crippen LogP contribution in [0, 0.1) is 0 Å². The zero-order valence-corrected chi connectivity index (χ0v) is 20.5. The Morgan fingerprint density at radius 2 is 1.50 bits per heavy atom. The van der Waals surface area contributed by atoms with Crippen LogP contribution in [-0.2, 0) is 4.79 Å². The minimum Gasteiger partial charge on any atom is -0.406 e. The number of carbonyl (C=O) groups excluding carboxylic acids is 2. The molecule has 2 heterocycles. The molecular weight excluding hydrogens is 497 g/mol. The third kappa shape index (κ3) is 5.65. The lowest BCUT2D eigenvalue weighted by Gasteiger charge is -2.34. The lowest BCUT2D eigenvalue weighted by atomic mass is 9.91. The van der Waals surface area contributed by atoms with Crippen LogP contribution in [0.2, 0.25) is 0 Å². The number of piperazine rings is 1. The van der Waals surface area contributed by atoms with Crippen LogP contribution < -0.4 is 20.3 Å². The molecule has 0 aromatic heterocycles. The minimum absolute atomic E-state index is 0.265. The number of hydrogen-bond donors (Lipinski definition) is 2. The summed E-state index contributed by atoms with van der Waals surface area (Å²) in [5.74, 6) is -1.40. The molecule has 0 atom stereocenters. The van der Waals surface area contributed by atoms with Crippen molar-refractivity contribution in [1.29, 1.82) is 0 Å². The molecule has 2 aliphatic rings. The molecule has 0 radical (unpaired) electrons. The first kappa shape index (κ1) is 25.3. The van der Waals surface area contributed by atoms with Gasteiger partial charge in [-0.3, -0.25) is 14.9 Å². The van der Waals surface area contributed by atoms with E-state index in [1.807, 2.05) is 24.3 Å². The van der Waals surface area contributed by atoms with Gasteiger partial charge in [0.2, 0.25) is 0 Å². The van der Waals surface area contributed by atoms with E-state index >= 15 is 0 Å². The predicted molar refractivity (Wildman–Crippen MR) is 139 cm³/mol. The fraction of sp³-hybridized carbons (Fsp3) is 0.214. The number of ether oxygens (including phenoxy) is 1. The number of anilines is 2. The summed E-state index contributed by atoms with van der Waals surface area (Å²) in [6.07, 6.45) is -3.23.